The molecule has 1 fully saturated rings. The van der Waals surface area contributed by atoms with Crippen LogP contribution in [0.3, 0.4) is 0 Å². The lowest BCUT2D eigenvalue weighted by Crippen LogP contribution is -2.37. The van der Waals surface area contributed by atoms with E-state index >= 15 is 0 Å². The molecule has 0 saturated carbocycles. The van der Waals surface area contributed by atoms with Crippen LogP contribution in [0.5, 0.6) is 0 Å². The van der Waals surface area contributed by atoms with E-state index in [-0.39, 0.29) is 11.6 Å². The van der Waals surface area contributed by atoms with E-state index in [0.29, 0.717) is 55.3 Å². The maximum atomic E-state index is 10.9. The van der Waals surface area contributed by atoms with Gasteiger partial charge in [0.05, 0.1) is 30.0 Å². The molecule has 3 heterocycles. The number of furan rings is 1. The molecule has 0 radical (unpaired) electrons. The van der Waals surface area contributed by atoms with Crippen molar-refractivity contribution in [3.63, 3.8) is 0 Å². The van der Waals surface area contributed by atoms with E-state index in [0.717, 1.165) is 15.7 Å². The molecule has 5 rings (SSSR count). The second-order valence-electron chi connectivity index (χ2n) is 8.37. The first-order chi connectivity index (χ1) is 18.4. The van der Waals surface area contributed by atoms with E-state index in [1.165, 1.54) is 18.3 Å². The largest absolute Gasteiger partial charge is 0.455 e. The lowest BCUT2D eigenvalue weighted by molar-refractivity contribution is -0.384. The van der Waals surface area contributed by atoms with Crippen LogP contribution < -0.4 is 15.6 Å². The second-order valence-corrected chi connectivity index (χ2v) is 9.22. The Morgan fingerprint density at radius 1 is 1.05 bits per heavy atom. The molecule has 0 aliphatic carbocycles. The predicted octanol–water partition coefficient (Wildman–Crippen LogP) is 5.14. The van der Waals surface area contributed by atoms with Crippen molar-refractivity contribution in [1.29, 1.82) is 0 Å². The molecule has 0 spiro atoms. The molecular formula is C25H23BrN8O4. The van der Waals surface area contributed by atoms with Gasteiger partial charge in [0.1, 0.15) is 11.5 Å². The third-order valence-corrected chi connectivity index (χ3v) is 6.29. The number of non-ortho nitro benzene ring substituents is 1. The zero-order chi connectivity index (χ0) is 26.5. The number of hydrogen-bond donors (Lipinski definition) is 2. The Kier molecular flexibility index (Phi) is 7.56. The number of morpholine rings is 1. The van der Waals surface area contributed by atoms with Crippen molar-refractivity contribution in [2.45, 2.75) is 6.92 Å². The van der Waals surface area contributed by atoms with Crippen LogP contribution in [-0.4, -0.2) is 52.4 Å². The Bertz CT molecular complexity index is 1470. The highest BCUT2D eigenvalue weighted by Gasteiger charge is 2.17. The molecule has 38 heavy (non-hydrogen) atoms. The Morgan fingerprint density at radius 2 is 1.82 bits per heavy atom. The highest BCUT2D eigenvalue weighted by Crippen LogP contribution is 2.27. The zero-order valence-corrected chi connectivity index (χ0v) is 21.9. The summed E-state index contributed by atoms with van der Waals surface area (Å²) < 4.78 is 12.1. The van der Waals surface area contributed by atoms with Crippen LogP contribution in [0.1, 0.15) is 11.3 Å². The summed E-state index contributed by atoms with van der Waals surface area (Å²) in [6.45, 7) is 4.53. The van der Waals surface area contributed by atoms with Gasteiger partial charge in [-0.05, 0) is 64.8 Å². The number of halogens is 1. The lowest BCUT2D eigenvalue weighted by Gasteiger charge is -2.27. The van der Waals surface area contributed by atoms with Gasteiger partial charge in [0, 0.05) is 35.3 Å². The maximum absolute atomic E-state index is 10.9. The summed E-state index contributed by atoms with van der Waals surface area (Å²) in [6.07, 6.45) is 1.50. The molecule has 12 nitrogen and oxygen atoms in total. The third-order valence-electron chi connectivity index (χ3n) is 5.63. The minimum atomic E-state index is -0.443. The first-order valence-corrected chi connectivity index (χ1v) is 12.5. The van der Waals surface area contributed by atoms with Gasteiger partial charge in [0.2, 0.25) is 17.8 Å². The number of aryl methyl sites for hydroxylation is 1. The molecule has 1 aliphatic heterocycles. The number of benzene rings is 2. The normalized spacial score (nSPS) is 13.6. The number of hydrazone groups is 1. The molecule has 2 N–H and O–H groups in total. The lowest BCUT2D eigenvalue weighted by atomic mass is 10.1. The first kappa shape index (κ1) is 25.3. The van der Waals surface area contributed by atoms with Crippen LogP contribution in [0.15, 0.2) is 68.6 Å². The van der Waals surface area contributed by atoms with Crippen LogP contribution in [0.25, 0.3) is 11.3 Å². The van der Waals surface area contributed by atoms with E-state index in [4.69, 9.17) is 9.15 Å². The van der Waals surface area contributed by atoms with Crippen molar-refractivity contribution in [1.82, 2.24) is 15.0 Å². The quantitative estimate of drug-likeness (QED) is 0.164. The molecule has 0 unspecified atom stereocenters. The van der Waals surface area contributed by atoms with Gasteiger partial charge in [-0.25, -0.2) is 5.43 Å². The number of nitro benzene ring substituents is 1. The number of aromatic nitrogens is 3. The summed E-state index contributed by atoms with van der Waals surface area (Å²) in [5, 5.41) is 18.3. The van der Waals surface area contributed by atoms with E-state index in [1.807, 2.05) is 30.0 Å². The zero-order valence-electron chi connectivity index (χ0n) is 20.3. The average molecular weight is 579 g/mol. The van der Waals surface area contributed by atoms with Gasteiger partial charge in [-0.15, -0.1) is 0 Å². The smallest absolute Gasteiger partial charge is 0.269 e. The van der Waals surface area contributed by atoms with Crippen molar-refractivity contribution in [2.75, 3.05) is 41.9 Å². The summed E-state index contributed by atoms with van der Waals surface area (Å²) >= 11 is 3.57. The minimum Gasteiger partial charge on any atom is -0.455 e. The number of anilines is 4. The number of hydrogen-bond acceptors (Lipinski definition) is 11. The van der Waals surface area contributed by atoms with E-state index in [9.17, 15) is 10.1 Å². The predicted molar refractivity (Wildman–Crippen MR) is 147 cm³/mol. The molecule has 1 saturated heterocycles. The van der Waals surface area contributed by atoms with E-state index in [2.05, 4.69) is 46.7 Å². The minimum absolute atomic E-state index is 0.0173. The van der Waals surface area contributed by atoms with Crippen molar-refractivity contribution in [3.05, 3.63) is 80.5 Å². The number of rotatable bonds is 8. The van der Waals surface area contributed by atoms with Crippen LogP contribution >= 0.6 is 15.9 Å². The summed E-state index contributed by atoms with van der Waals surface area (Å²) in [5.74, 6) is 2.17. The van der Waals surface area contributed by atoms with Gasteiger partial charge in [-0.2, -0.15) is 20.1 Å². The molecule has 2 aromatic heterocycles. The number of nitrogens with one attached hydrogen (secondary N) is 2. The molecule has 0 bridgehead atoms. The molecular weight excluding hydrogens is 556 g/mol. The molecule has 0 atom stereocenters. The Labute approximate surface area is 226 Å². The van der Waals surface area contributed by atoms with E-state index < -0.39 is 4.92 Å². The Hall–Kier alpha value is -4.36. The van der Waals surface area contributed by atoms with Gasteiger partial charge in [-0.1, -0.05) is 6.07 Å². The summed E-state index contributed by atoms with van der Waals surface area (Å²) in [4.78, 5) is 26.0. The number of nitrogens with zero attached hydrogens (tertiary/aromatic N) is 6. The Morgan fingerprint density at radius 3 is 2.55 bits per heavy atom. The number of nitro groups is 1. The van der Waals surface area contributed by atoms with Crippen LogP contribution in [0.4, 0.5) is 29.2 Å². The van der Waals surface area contributed by atoms with Gasteiger partial charge >= 0.3 is 0 Å². The van der Waals surface area contributed by atoms with E-state index in [1.54, 1.807) is 24.3 Å². The van der Waals surface area contributed by atoms with Gasteiger partial charge in [-0.3, -0.25) is 10.1 Å². The van der Waals surface area contributed by atoms with Crippen molar-refractivity contribution >= 4 is 51.4 Å². The Balaban J connectivity index is 1.33. The molecule has 0 amide bonds. The van der Waals surface area contributed by atoms with Crippen LogP contribution in [0, 0.1) is 17.0 Å². The highest BCUT2D eigenvalue weighted by atomic mass is 79.9. The van der Waals surface area contributed by atoms with Gasteiger partial charge in [0.25, 0.3) is 5.69 Å². The van der Waals surface area contributed by atoms with Crippen LogP contribution in [-0.2, 0) is 4.74 Å². The summed E-state index contributed by atoms with van der Waals surface area (Å²) in [6, 6.07) is 15.6. The molecule has 1 aliphatic rings. The molecule has 194 valence electrons. The van der Waals surface area contributed by atoms with Crippen molar-refractivity contribution in [3.8, 4) is 11.3 Å². The number of ether oxygens (including phenoxy) is 1. The first-order valence-electron chi connectivity index (χ1n) is 11.7. The van der Waals surface area contributed by atoms with Gasteiger partial charge in [0.15, 0.2) is 0 Å². The standard InChI is InChI=1S/C25H23BrN8O4/c1-16-2-8-21(20(26)14-16)28-23-29-24(31-25(30-23)33-10-12-37-13-11-33)32-27-15-19-7-9-22(38-19)17-3-5-18(6-4-17)34(35)36/h2-9,14-15H,10-13H2,1H3,(H2,28,29,30,31,32)/b27-15+. The SMILES string of the molecule is Cc1ccc(Nc2nc(N/N=C/c3ccc(-c4ccc([N+](=O)[O-])cc4)o3)nc(N3CCOCC3)n2)c(Br)c1. The average Bonchev–Trinajstić information content (AvgIpc) is 3.40. The fourth-order valence-corrected chi connectivity index (χ4v) is 4.29. The monoisotopic (exact) mass is 578 g/mol. The molecule has 13 heteroatoms. The topological polar surface area (TPSA) is 144 Å². The molecule has 4 aromatic rings. The van der Waals surface area contributed by atoms with Crippen molar-refractivity contribution < 1.29 is 14.1 Å². The van der Waals surface area contributed by atoms with Crippen molar-refractivity contribution in [2.24, 2.45) is 5.10 Å². The fraction of sp³-hybridized carbons (Fsp3) is 0.200. The fourth-order valence-electron chi connectivity index (χ4n) is 3.70. The maximum Gasteiger partial charge on any atom is 0.269 e. The third kappa shape index (κ3) is 6.12. The second kappa shape index (κ2) is 11.4. The summed E-state index contributed by atoms with van der Waals surface area (Å²) in [7, 11) is 0. The highest BCUT2D eigenvalue weighted by molar-refractivity contribution is 9.10. The summed E-state index contributed by atoms with van der Waals surface area (Å²) in [5.41, 5.74) is 5.53. The van der Waals surface area contributed by atoms with Gasteiger partial charge < -0.3 is 19.4 Å². The molecule has 2 aromatic carbocycles. The van der Waals surface area contributed by atoms with Crippen LogP contribution in [0.2, 0.25) is 0 Å².